The van der Waals surface area contributed by atoms with Crippen LogP contribution in [0.2, 0.25) is 0 Å². The van der Waals surface area contributed by atoms with Crippen molar-refractivity contribution in [1.82, 2.24) is 0 Å². The summed E-state index contributed by atoms with van der Waals surface area (Å²) in [6.07, 6.45) is -4.14. The SMILES string of the molecule is CC(C)CSCCC(=O)Nc1ccc(C(F)(F)F)cc1N. The van der Waals surface area contributed by atoms with Gasteiger partial charge in [0, 0.05) is 12.2 Å². The lowest BCUT2D eigenvalue weighted by molar-refractivity contribution is -0.137. The Bertz CT molecular complexity index is 490. The van der Waals surface area contributed by atoms with E-state index in [1.54, 1.807) is 11.8 Å². The summed E-state index contributed by atoms with van der Waals surface area (Å²) in [6.45, 7) is 4.19. The van der Waals surface area contributed by atoms with Gasteiger partial charge in [-0.25, -0.2) is 0 Å². The fourth-order valence-electron chi connectivity index (χ4n) is 1.55. The van der Waals surface area contributed by atoms with Crippen molar-refractivity contribution in [3.8, 4) is 0 Å². The number of anilines is 2. The standard InChI is InChI=1S/C14H19F3N2OS/c1-9(2)8-21-6-5-13(20)19-12-4-3-10(7-11(12)18)14(15,16)17/h3-4,7,9H,5-6,8,18H2,1-2H3,(H,19,20). The van der Waals surface area contributed by atoms with Gasteiger partial charge in [-0.3, -0.25) is 4.79 Å². The van der Waals surface area contributed by atoms with E-state index in [9.17, 15) is 18.0 Å². The molecule has 1 aromatic carbocycles. The number of benzene rings is 1. The summed E-state index contributed by atoms with van der Waals surface area (Å²) in [7, 11) is 0. The van der Waals surface area contributed by atoms with Crippen LogP contribution in [0.4, 0.5) is 24.5 Å². The van der Waals surface area contributed by atoms with Gasteiger partial charge in [0.05, 0.1) is 16.9 Å². The fourth-order valence-corrected chi connectivity index (χ4v) is 2.52. The van der Waals surface area contributed by atoms with Crippen LogP contribution in [0.1, 0.15) is 25.8 Å². The van der Waals surface area contributed by atoms with E-state index in [2.05, 4.69) is 19.2 Å². The summed E-state index contributed by atoms with van der Waals surface area (Å²) < 4.78 is 37.5. The van der Waals surface area contributed by atoms with Gasteiger partial charge in [-0.15, -0.1) is 0 Å². The molecule has 1 amide bonds. The second kappa shape index (κ2) is 7.59. The lowest BCUT2D eigenvalue weighted by Gasteiger charge is -2.12. The van der Waals surface area contributed by atoms with Crippen molar-refractivity contribution in [2.75, 3.05) is 22.6 Å². The molecule has 0 aliphatic heterocycles. The summed E-state index contributed by atoms with van der Waals surface area (Å²) in [5.74, 6) is 1.95. The lowest BCUT2D eigenvalue weighted by Crippen LogP contribution is -2.14. The third-order valence-electron chi connectivity index (χ3n) is 2.58. The molecule has 0 saturated heterocycles. The van der Waals surface area contributed by atoms with Crippen LogP contribution in [-0.4, -0.2) is 17.4 Å². The molecule has 0 heterocycles. The molecule has 0 saturated carbocycles. The first kappa shape index (κ1) is 17.7. The van der Waals surface area contributed by atoms with Gasteiger partial charge in [0.15, 0.2) is 0 Å². The molecule has 0 aromatic heterocycles. The number of hydrogen-bond acceptors (Lipinski definition) is 3. The van der Waals surface area contributed by atoms with Crippen LogP contribution in [0, 0.1) is 5.92 Å². The molecule has 0 spiro atoms. The second-order valence-electron chi connectivity index (χ2n) is 5.07. The second-order valence-corrected chi connectivity index (χ2v) is 6.22. The van der Waals surface area contributed by atoms with Crippen molar-refractivity contribution in [3.05, 3.63) is 23.8 Å². The van der Waals surface area contributed by atoms with Crippen LogP contribution in [-0.2, 0) is 11.0 Å². The van der Waals surface area contributed by atoms with Gasteiger partial charge in [-0.05, 0) is 29.9 Å². The maximum Gasteiger partial charge on any atom is 0.416 e. The quantitative estimate of drug-likeness (QED) is 0.615. The first-order valence-corrected chi connectivity index (χ1v) is 7.70. The maximum atomic E-state index is 12.5. The molecular weight excluding hydrogens is 301 g/mol. The first-order chi connectivity index (χ1) is 9.70. The van der Waals surface area contributed by atoms with Crippen molar-refractivity contribution in [1.29, 1.82) is 0 Å². The Morgan fingerprint density at radius 2 is 2.05 bits per heavy atom. The zero-order chi connectivity index (χ0) is 16.0. The van der Waals surface area contributed by atoms with Crippen LogP contribution >= 0.6 is 11.8 Å². The molecule has 1 rings (SSSR count). The number of rotatable bonds is 6. The molecule has 3 nitrogen and oxygen atoms in total. The molecule has 0 radical (unpaired) electrons. The summed E-state index contributed by atoms with van der Waals surface area (Å²) >= 11 is 1.67. The van der Waals surface area contributed by atoms with Gasteiger partial charge >= 0.3 is 6.18 Å². The molecule has 0 fully saturated rings. The Labute approximate surface area is 126 Å². The molecule has 7 heteroatoms. The third-order valence-corrected chi connectivity index (χ3v) is 3.97. The number of halogens is 3. The topological polar surface area (TPSA) is 55.1 Å². The number of nitrogens with one attached hydrogen (secondary N) is 1. The van der Waals surface area contributed by atoms with Gasteiger partial charge in [0.2, 0.25) is 5.91 Å². The van der Waals surface area contributed by atoms with E-state index in [-0.39, 0.29) is 17.3 Å². The van der Waals surface area contributed by atoms with E-state index >= 15 is 0 Å². The summed E-state index contributed by atoms with van der Waals surface area (Å²) in [5.41, 5.74) is 4.83. The van der Waals surface area contributed by atoms with Crippen LogP contribution in [0.25, 0.3) is 0 Å². The minimum atomic E-state index is -4.44. The Morgan fingerprint density at radius 3 is 2.57 bits per heavy atom. The number of amides is 1. The number of alkyl halides is 3. The number of thioether (sulfide) groups is 1. The van der Waals surface area contributed by atoms with Crippen molar-refractivity contribution in [2.45, 2.75) is 26.4 Å². The van der Waals surface area contributed by atoms with Crippen LogP contribution in [0.5, 0.6) is 0 Å². The highest BCUT2D eigenvalue weighted by atomic mass is 32.2. The highest BCUT2D eigenvalue weighted by Crippen LogP contribution is 2.32. The number of carbonyl (C=O) groups is 1. The maximum absolute atomic E-state index is 12.5. The molecule has 118 valence electrons. The molecular formula is C14H19F3N2OS. The Kier molecular flexibility index (Phi) is 6.39. The third kappa shape index (κ3) is 6.29. The normalized spacial score (nSPS) is 11.7. The van der Waals surface area contributed by atoms with Crippen molar-refractivity contribution in [2.24, 2.45) is 5.92 Å². The van der Waals surface area contributed by atoms with Gasteiger partial charge < -0.3 is 11.1 Å². The highest BCUT2D eigenvalue weighted by molar-refractivity contribution is 7.99. The molecule has 0 aliphatic rings. The van der Waals surface area contributed by atoms with E-state index in [1.807, 2.05) is 0 Å². The van der Waals surface area contributed by atoms with E-state index < -0.39 is 11.7 Å². The van der Waals surface area contributed by atoms with Gasteiger partial charge in [-0.2, -0.15) is 24.9 Å². The average Bonchev–Trinajstić information content (AvgIpc) is 2.35. The van der Waals surface area contributed by atoms with E-state index in [0.717, 1.165) is 17.9 Å². The average molecular weight is 320 g/mol. The van der Waals surface area contributed by atoms with Crippen LogP contribution in [0.3, 0.4) is 0 Å². The van der Waals surface area contributed by atoms with Crippen molar-refractivity contribution in [3.63, 3.8) is 0 Å². The van der Waals surface area contributed by atoms with Gasteiger partial charge in [0.25, 0.3) is 0 Å². The van der Waals surface area contributed by atoms with Crippen molar-refractivity contribution >= 4 is 29.0 Å². The van der Waals surface area contributed by atoms with Crippen LogP contribution in [0.15, 0.2) is 18.2 Å². The Morgan fingerprint density at radius 1 is 1.38 bits per heavy atom. The summed E-state index contributed by atoms with van der Waals surface area (Å²) in [5, 5.41) is 2.53. The number of carbonyl (C=O) groups excluding carboxylic acids is 1. The molecule has 0 atom stereocenters. The zero-order valence-corrected chi connectivity index (χ0v) is 12.8. The summed E-state index contributed by atoms with van der Waals surface area (Å²) in [4.78, 5) is 11.7. The van der Waals surface area contributed by atoms with Gasteiger partial charge in [-0.1, -0.05) is 13.8 Å². The van der Waals surface area contributed by atoms with E-state index in [4.69, 9.17) is 5.73 Å². The summed E-state index contributed by atoms with van der Waals surface area (Å²) in [6, 6.07) is 2.90. The number of nitrogen functional groups attached to an aromatic ring is 1. The largest absolute Gasteiger partial charge is 0.416 e. The molecule has 3 N–H and O–H groups in total. The molecule has 0 aliphatic carbocycles. The monoisotopic (exact) mass is 320 g/mol. The minimum Gasteiger partial charge on any atom is -0.397 e. The van der Waals surface area contributed by atoms with Crippen molar-refractivity contribution < 1.29 is 18.0 Å². The molecule has 0 unspecified atom stereocenters. The van der Waals surface area contributed by atoms with Crippen LogP contribution < -0.4 is 11.1 Å². The smallest absolute Gasteiger partial charge is 0.397 e. The molecule has 21 heavy (non-hydrogen) atoms. The number of nitrogens with two attached hydrogens (primary N) is 1. The number of hydrogen-bond donors (Lipinski definition) is 2. The Balaban J connectivity index is 2.53. The molecule has 0 bridgehead atoms. The van der Waals surface area contributed by atoms with E-state index in [0.29, 0.717) is 18.1 Å². The minimum absolute atomic E-state index is 0.0898. The fraction of sp³-hybridized carbons (Fsp3) is 0.500. The van der Waals surface area contributed by atoms with Gasteiger partial charge in [0.1, 0.15) is 0 Å². The first-order valence-electron chi connectivity index (χ1n) is 6.54. The lowest BCUT2D eigenvalue weighted by atomic mass is 10.1. The van der Waals surface area contributed by atoms with E-state index in [1.165, 1.54) is 6.07 Å². The predicted octanol–water partition coefficient (Wildman–Crippen LogP) is 4.01. The Hall–Kier alpha value is -1.37. The zero-order valence-electron chi connectivity index (χ0n) is 12.0. The molecule has 1 aromatic rings. The highest BCUT2D eigenvalue weighted by Gasteiger charge is 2.30. The predicted molar refractivity (Wildman–Crippen MR) is 81.3 cm³/mol.